The van der Waals surface area contributed by atoms with Crippen LogP contribution in [0.25, 0.3) is 17.1 Å². The third kappa shape index (κ3) is 7.62. The van der Waals surface area contributed by atoms with Crippen LogP contribution in [-0.2, 0) is 0 Å². The molecule has 0 amide bonds. The first kappa shape index (κ1) is 33.0. The molecular formula is C35H46N10OS. The minimum Gasteiger partial charge on any atom is -0.494 e. The third-order valence-electron chi connectivity index (χ3n) is 8.90. The average molecular weight is 655 g/mol. The van der Waals surface area contributed by atoms with Crippen LogP contribution in [0.5, 0.6) is 5.75 Å². The number of nitrogens with zero attached hydrogens (tertiary/aromatic N) is 7. The van der Waals surface area contributed by atoms with Gasteiger partial charge in [0.2, 0.25) is 5.95 Å². The van der Waals surface area contributed by atoms with Crippen molar-refractivity contribution in [2.75, 3.05) is 69.0 Å². The Balaban J connectivity index is 1.21. The second kappa shape index (κ2) is 14.8. The molecule has 3 N–H and O–H groups in total. The number of fused-ring (bicyclic) bond motifs is 1. The maximum Gasteiger partial charge on any atom is 0.229 e. The highest BCUT2D eigenvalue weighted by molar-refractivity contribution is 7.97. The van der Waals surface area contributed by atoms with E-state index in [2.05, 4.69) is 91.5 Å². The fourth-order valence-corrected chi connectivity index (χ4v) is 7.12. The molecule has 248 valence electrons. The van der Waals surface area contributed by atoms with Crippen molar-refractivity contribution in [1.82, 2.24) is 34.5 Å². The van der Waals surface area contributed by atoms with E-state index in [0.717, 1.165) is 64.8 Å². The van der Waals surface area contributed by atoms with E-state index in [1.54, 1.807) is 31.8 Å². The van der Waals surface area contributed by atoms with E-state index in [1.165, 1.54) is 49.1 Å². The van der Waals surface area contributed by atoms with E-state index in [4.69, 9.17) is 9.72 Å². The molecule has 0 bridgehead atoms. The second-order valence-corrected chi connectivity index (χ2v) is 13.4. The standard InChI is InChI=1S/C35H46N10OS/c1-7-25-22-38-35(41-34(25)39-28-9-8-27-32(37-13-12-36-27)33(28)47-42-23(2)3)40-29-20-24(4)30(21-31(29)46-6)45-14-10-26(11-15-45)44-18-16-43(5)17-19-44/h7-9,12-13,20-23,26,42H,1,10-11,14-19H2,2-6H3,(H2,38,39,40,41). The highest BCUT2D eigenvalue weighted by atomic mass is 32.2. The summed E-state index contributed by atoms with van der Waals surface area (Å²) in [4.78, 5) is 27.2. The zero-order valence-electron chi connectivity index (χ0n) is 28.1. The molecule has 0 radical (unpaired) electrons. The molecule has 4 aromatic rings. The molecule has 2 saturated heterocycles. The summed E-state index contributed by atoms with van der Waals surface area (Å²) in [7, 11) is 3.93. The molecule has 2 aliphatic heterocycles. The van der Waals surface area contributed by atoms with Gasteiger partial charge in [-0.25, -0.2) is 4.98 Å². The number of rotatable bonds is 11. The minimum absolute atomic E-state index is 0.275. The molecule has 11 nitrogen and oxygen atoms in total. The monoisotopic (exact) mass is 654 g/mol. The summed E-state index contributed by atoms with van der Waals surface area (Å²) in [6, 6.07) is 9.19. The number of piperidine rings is 1. The first-order valence-corrected chi connectivity index (χ1v) is 17.2. The summed E-state index contributed by atoms with van der Waals surface area (Å²) < 4.78 is 9.33. The van der Waals surface area contributed by atoms with E-state index in [-0.39, 0.29) is 6.04 Å². The molecule has 2 aromatic heterocycles. The van der Waals surface area contributed by atoms with Crippen LogP contribution in [-0.4, -0.2) is 95.2 Å². The number of aryl methyl sites for hydroxylation is 1. The molecule has 0 saturated carbocycles. The quantitative estimate of drug-likeness (QED) is 0.163. The summed E-state index contributed by atoms with van der Waals surface area (Å²) in [6.45, 7) is 17.1. The Morgan fingerprint density at radius 1 is 0.979 bits per heavy atom. The van der Waals surface area contributed by atoms with Gasteiger partial charge in [-0.1, -0.05) is 12.7 Å². The number of likely N-dealkylation sites (N-methyl/N-ethyl adjacent to an activating group) is 1. The van der Waals surface area contributed by atoms with Gasteiger partial charge in [-0.05, 0) is 76.4 Å². The number of hydrogen-bond acceptors (Lipinski definition) is 12. The molecule has 4 heterocycles. The van der Waals surface area contributed by atoms with E-state index >= 15 is 0 Å². The fraction of sp³-hybridized carbons (Fsp3) is 0.429. The molecule has 0 aliphatic carbocycles. The largest absolute Gasteiger partial charge is 0.494 e. The van der Waals surface area contributed by atoms with Gasteiger partial charge < -0.3 is 25.2 Å². The molecule has 6 rings (SSSR count). The second-order valence-electron chi connectivity index (χ2n) is 12.6. The predicted molar refractivity (Wildman–Crippen MR) is 194 cm³/mol. The molecule has 2 aromatic carbocycles. The van der Waals surface area contributed by atoms with E-state index in [1.807, 2.05) is 12.1 Å². The van der Waals surface area contributed by atoms with Crippen molar-refractivity contribution in [3.63, 3.8) is 0 Å². The van der Waals surface area contributed by atoms with Crippen LogP contribution >= 0.6 is 11.9 Å². The molecule has 12 heteroatoms. The Hall–Kier alpha value is -3.97. The average Bonchev–Trinajstić information content (AvgIpc) is 3.08. The fourth-order valence-electron chi connectivity index (χ4n) is 6.28. The number of aromatic nitrogens is 4. The summed E-state index contributed by atoms with van der Waals surface area (Å²) in [5.74, 6) is 1.83. The maximum atomic E-state index is 5.89. The highest BCUT2D eigenvalue weighted by Crippen LogP contribution is 2.37. The Morgan fingerprint density at radius 2 is 1.74 bits per heavy atom. The summed E-state index contributed by atoms with van der Waals surface area (Å²) >= 11 is 1.53. The van der Waals surface area contributed by atoms with Crippen molar-refractivity contribution < 1.29 is 4.74 Å². The molecular weight excluding hydrogens is 609 g/mol. The van der Waals surface area contributed by atoms with Crippen molar-refractivity contribution in [3.8, 4) is 5.75 Å². The van der Waals surface area contributed by atoms with Crippen molar-refractivity contribution >= 4 is 57.9 Å². The van der Waals surface area contributed by atoms with Gasteiger partial charge in [0, 0.05) is 87.3 Å². The van der Waals surface area contributed by atoms with Crippen molar-refractivity contribution in [2.24, 2.45) is 0 Å². The lowest BCUT2D eigenvalue weighted by Crippen LogP contribution is -2.52. The topological polar surface area (TPSA) is 107 Å². The van der Waals surface area contributed by atoms with E-state index < -0.39 is 0 Å². The van der Waals surface area contributed by atoms with Crippen LogP contribution in [0, 0.1) is 6.92 Å². The summed E-state index contributed by atoms with van der Waals surface area (Å²) in [5.41, 5.74) is 6.49. The number of nitrogens with one attached hydrogen (secondary N) is 3. The van der Waals surface area contributed by atoms with Gasteiger partial charge in [0.05, 0.1) is 28.9 Å². The van der Waals surface area contributed by atoms with Gasteiger partial charge in [-0.15, -0.1) is 0 Å². The third-order valence-corrected chi connectivity index (χ3v) is 10.1. The number of benzene rings is 2. The minimum atomic E-state index is 0.275. The van der Waals surface area contributed by atoms with Crippen LogP contribution in [0.15, 0.2) is 54.3 Å². The van der Waals surface area contributed by atoms with Gasteiger partial charge in [0.1, 0.15) is 17.1 Å². The highest BCUT2D eigenvalue weighted by Gasteiger charge is 2.28. The van der Waals surface area contributed by atoms with E-state index in [0.29, 0.717) is 17.8 Å². The lowest BCUT2D eigenvalue weighted by molar-refractivity contribution is 0.0982. The number of hydrogen-bond donors (Lipinski definition) is 3. The molecule has 2 fully saturated rings. The first-order valence-electron chi connectivity index (χ1n) is 16.4. The van der Waals surface area contributed by atoms with Gasteiger partial charge in [0.15, 0.2) is 0 Å². The van der Waals surface area contributed by atoms with Crippen molar-refractivity contribution in [3.05, 3.63) is 60.6 Å². The van der Waals surface area contributed by atoms with Crippen LogP contribution < -0.4 is 25.0 Å². The predicted octanol–water partition coefficient (Wildman–Crippen LogP) is 6.09. The SMILES string of the molecule is C=Cc1cnc(Nc2cc(C)c(N3CCC(N4CCN(C)CC4)CC3)cc2OC)nc1Nc1ccc2nccnc2c1SNC(C)C. The van der Waals surface area contributed by atoms with Crippen molar-refractivity contribution in [1.29, 1.82) is 0 Å². The number of piperazine rings is 1. The lowest BCUT2D eigenvalue weighted by atomic mass is 10.0. The Bertz CT molecular complexity index is 1700. The molecule has 0 spiro atoms. The first-order chi connectivity index (χ1) is 22.8. The lowest BCUT2D eigenvalue weighted by Gasteiger charge is -2.43. The number of methoxy groups -OCH3 is 1. The van der Waals surface area contributed by atoms with Crippen LogP contribution in [0.3, 0.4) is 0 Å². The zero-order chi connectivity index (χ0) is 32.9. The normalized spacial score (nSPS) is 16.5. The molecule has 0 atom stereocenters. The zero-order valence-corrected chi connectivity index (χ0v) is 28.9. The molecule has 47 heavy (non-hydrogen) atoms. The Morgan fingerprint density at radius 3 is 2.47 bits per heavy atom. The smallest absolute Gasteiger partial charge is 0.229 e. The van der Waals surface area contributed by atoms with Crippen LogP contribution in [0.4, 0.5) is 28.8 Å². The van der Waals surface area contributed by atoms with Crippen LogP contribution in [0.2, 0.25) is 0 Å². The van der Waals surface area contributed by atoms with Crippen LogP contribution in [0.1, 0.15) is 37.8 Å². The van der Waals surface area contributed by atoms with E-state index in [9.17, 15) is 0 Å². The van der Waals surface area contributed by atoms with Gasteiger partial charge in [-0.2, -0.15) is 4.98 Å². The molecule has 2 aliphatic rings. The summed E-state index contributed by atoms with van der Waals surface area (Å²) in [5, 5.41) is 6.94. The number of ether oxygens (including phenoxy) is 1. The molecule has 0 unspecified atom stereocenters. The Labute approximate surface area is 282 Å². The maximum absolute atomic E-state index is 5.89. The van der Waals surface area contributed by atoms with Crippen molar-refractivity contribution in [2.45, 2.75) is 50.6 Å². The Kier molecular flexibility index (Phi) is 10.4. The summed E-state index contributed by atoms with van der Waals surface area (Å²) in [6.07, 6.45) is 9.30. The van der Waals surface area contributed by atoms with Gasteiger partial charge >= 0.3 is 0 Å². The van der Waals surface area contributed by atoms with Gasteiger partial charge in [-0.3, -0.25) is 19.6 Å². The number of anilines is 5. The van der Waals surface area contributed by atoms with Gasteiger partial charge in [0.25, 0.3) is 0 Å².